The van der Waals surface area contributed by atoms with E-state index in [1.807, 2.05) is 43.2 Å². The summed E-state index contributed by atoms with van der Waals surface area (Å²) in [5, 5.41) is 9.49. The lowest BCUT2D eigenvalue weighted by Gasteiger charge is -2.21. The van der Waals surface area contributed by atoms with Crippen LogP contribution in [0.3, 0.4) is 0 Å². The summed E-state index contributed by atoms with van der Waals surface area (Å²) in [7, 11) is 3.79. The Bertz CT molecular complexity index is 946. The molecule has 1 N–H and O–H groups in total. The highest BCUT2D eigenvalue weighted by Gasteiger charge is 2.26. The van der Waals surface area contributed by atoms with E-state index in [0.717, 1.165) is 45.7 Å². The Labute approximate surface area is 161 Å². The molecule has 0 bridgehead atoms. The minimum Gasteiger partial charge on any atom is -0.350 e. The van der Waals surface area contributed by atoms with Gasteiger partial charge >= 0.3 is 0 Å². The molecule has 1 aliphatic rings. The first-order valence-electron chi connectivity index (χ1n) is 8.61. The van der Waals surface area contributed by atoms with Crippen LogP contribution in [0.2, 0.25) is 5.02 Å². The highest BCUT2D eigenvalue weighted by Crippen LogP contribution is 2.27. The predicted octanol–water partition coefficient (Wildman–Crippen LogP) is 3.25. The fourth-order valence-electron chi connectivity index (χ4n) is 3.39. The summed E-state index contributed by atoms with van der Waals surface area (Å²) in [5.41, 5.74) is 2.25. The lowest BCUT2D eigenvalue weighted by molar-refractivity contribution is 0.485. The Balaban J connectivity index is 1.40. The van der Waals surface area contributed by atoms with Crippen LogP contribution in [0.15, 0.2) is 35.6 Å². The number of rotatable bonds is 3. The van der Waals surface area contributed by atoms with Gasteiger partial charge in [-0.15, -0.1) is 11.3 Å². The third kappa shape index (κ3) is 3.54. The number of hydrogen-bond donors (Lipinski definition) is 1. The van der Waals surface area contributed by atoms with Crippen molar-refractivity contribution in [2.75, 3.05) is 20.1 Å². The van der Waals surface area contributed by atoms with Gasteiger partial charge in [-0.2, -0.15) is 5.10 Å². The molecule has 1 unspecified atom stereocenters. The van der Waals surface area contributed by atoms with Crippen molar-refractivity contribution >= 4 is 39.1 Å². The third-order valence-electron chi connectivity index (χ3n) is 4.69. The second kappa shape index (κ2) is 7.25. The molecule has 26 heavy (non-hydrogen) atoms. The van der Waals surface area contributed by atoms with Crippen molar-refractivity contribution in [2.45, 2.75) is 18.9 Å². The fraction of sp³-hybridized carbons (Fsp3) is 0.389. The molecule has 1 aliphatic heterocycles. The monoisotopic (exact) mass is 388 g/mol. The van der Waals surface area contributed by atoms with Gasteiger partial charge in [-0.05, 0) is 30.2 Å². The molecule has 0 amide bonds. The third-order valence-corrected chi connectivity index (χ3v) is 5.96. The number of likely N-dealkylation sites (tertiary alicyclic amines) is 1. The van der Waals surface area contributed by atoms with Gasteiger partial charge in [0.25, 0.3) is 0 Å². The van der Waals surface area contributed by atoms with Crippen LogP contribution < -0.4 is 5.32 Å². The number of aromatic nitrogens is 3. The zero-order chi connectivity index (χ0) is 18.1. The van der Waals surface area contributed by atoms with Crippen LogP contribution in [0.4, 0.5) is 0 Å². The number of nitrogens with zero attached hydrogens (tertiary/aromatic N) is 5. The van der Waals surface area contributed by atoms with Gasteiger partial charge in [-0.1, -0.05) is 11.6 Å². The number of fused-ring (bicyclic) bond motifs is 1. The van der Waals surface area contributed by atoms with Crippen molar-refractivity contribution in [1.29, 1.82) is 0 Å². The highest BCUT2D eigenvalue weighted by atomic mass is 35.5. The highest BCUT2D eigenvalue weighted by molar-refractivity contribution is 7.18. The predicted molar refractivity (Wildman–Crippen MR) is 107 cm³/mol. The van der Waals surface area contributed by atoms with E-state index in [4.69, 9.17) is 11.6 Å². The fourth-order valence-corrected chi connectivity index (χ4v) is 4.44. The lowest BCUT2D eigenvalue weighted by Crippen LogP contribution is -2.39. The molecule has 1 fully saturated rings. The van der Waals surface area contributed by atoms with E-state index >= 15 is 0 Å². The maximum absolute atomic E-state index is 6.05. The largest absolute Gasteiger partial charge is 0.350 e. The SMILES string of the molecule is CN=C(NCc1nc2cc(Cl)ccc2s1)N1CCC(c2cnn(C)c2)C1. The topological polar surface area (TPSA) is 58.3 Å². The second-order valence-corrected chi connectivity index (χ2v) is 8.05. The first-order valence-corrected chi connectivity index (χ1v) is 9.81. The first-order chi connectivity index (χ1) is 12.6. The number of aryl methyl sites for hydroxylation is 1. The van der Waals surface area contributed by atoms with E-state index in [-0.39, 0.29) is 0 Å². The number of guanidine groups is 1. The van der Waals surface area contributed by atoms with Crippen LogP contribution in [0.1, 0.15) is 22.9 Å². The molecule has 3 aromatic rings. The summed E-state index contributed by atoms with van der Waals surface area (Å²) in [6.45, 7) is 2.62. The molecule has 4 rings (SSSR count). The molecular formula is C18H21ClN6S. The van der Waals surface area contributed by atoms with E-state index in [1.54, 1.807) is 11.3 Å². The Kier molecular flexibility index (Phi) is 4.82. The molecule has 0 radical (unpaired) electrons. The van der Waals surface area contributed by atoms with Crippen molar-refractivity contribution in [3.63, 3.8) is 0 Å². The average Bonchev–Trinajstić information content (AvgIpc) is 3.34. The van der Waals surface area contributed by atoms with Crippen LogP contribution in [0.5, 0.6) is 0 Å². The van der Waals surface area contributed by atoms with Crippen LogP contribution in [0.25, 0.3) is 10.2 Å². The average molecular weight is 389 g/mol. The minimum absolute atomic E-state index is 0.506. The van der Waals surface area contributed by atoms with Gasteiger partial charge in [-0.25, -0.2) is 4.98 Å². The minimum atomic E-state index is 0.506. The number of halogens is 1. The smallest absolute Gasteiger partial charge is 0.194 e. The molecule has 1 saturated heterocycles. The number of thiazole rings is 1. The molecule has 0 aliphatic carbocycles. The standard InChI is InChI=1S/C18H21ClN6S/c1-20-18(25-6-5-12(11-25)13-8-22-24(2)10-13)21-9-17-23-15-7-14(19)3-4-16(15)26-17/h3-4,7-8,10,12H,5-6,9,11H2,1-2H3,(H,20,21). The molecule has 1 aromatic carbocycles. The van der Waals surface area contributed by atoms with E-state index in [2.05, 4.69) is 31.5 Å². The van der Waals surface area contributed by atoms with E-state index in [9.17, 15) is 0 Å². The molecule has 3 heterocycles. The summed E-state index contributed by atoms with van der Waals surface area (Å²) in [5.74, 6) is 1.43. The second-order valence-electron chi connectivity index (χ2n) is 6.50. The summed E-state index contributed by atoms with van der Waals surface area (Å²) < 4.78 is 3.02. The lowest BCUT2D eigenvalue weighted by atomic mass is 10.0. The zero-order valence-electron chi connectivity index (χ0n) is 14.8. The molecule has 6 nitrogen and oxygen atoms in total. The maximum atomic E-state index is 6.05. The Morgan fingerprint density at radius 3 is 3.12 bits per heavy atom. The molecule has 2 aromatic heterocycles. The Morgan fingerprint density at radius 1 is 1.46 bits per heavy atom. The maximum Gasteiger partial charge on any atom is 0.194 e. The van der Waals surface area contributed by atoms with Crippen LogP contribution in [-0.4, -0.2) is 45.8 Å². The van der Waals surface area contributed by atoms with Gasteiger partial charge in [0.2, 0.25) is 0 Å². The van der Waals surface area contributed by atoms with Gasteiger partial charge in [-0.3, -0.25) is 9.67 Å². The van der Waals surface area contributed by atoms with Gasteiger partial charge in [0, 0.05) is 44.3 Å². The van der Waals surface area contributed by atoms with Crippen LogP contribution in [0, 0.1) is 0 Å². The molecule has 8 heteroatoms. The zero-order valence-corrected chi connectivity index (χ0v) is 16.4. The number of benzene rings is 1. The van der Waals surface area contributed by atoms with E-state index < -0.39 is 0 Å². The normalized spacial score (nSPS) is 18.0. The number of hydrogen-bond acceptors (Lipinski definition) is 4. The van der Waals surface area contributed by atoms with Crippen LogP contribution >= 0.6 is 22.9 Å². The number of nitrogens with one attached hydrogen (secondary N) is 1. The Morgan fingerprint density at radius 2 is 2.35 bits per heavy atom. The van der Waals surface area contributed by atoms with E-state index in [1.165, 1.54) is 5.56 Å². The summed E-state index contributed by atoms with van der Waals surface area (Å²) in [6, 6.07) is 5.83. The number of aliphatic imine (C=N–C) groups is 1. The molecule has 0 spiro atoms. The molecular weight excluding hydrogens is 368 g/mol. The van der Waals surface area contributed by atoms with Gasteiger partial charge < -0.3 is 10.2 Å². The first kappa shape index (κ1) is 17.3. The Hall–Kier alpha value is -2.12. The molecule has 136 valence electrons. The van der Waals surface area contributed by atoms with Crippen molar-refractivity contribution < 1.29 is 0 Å². The molecule has 1 atom stereocenters. The van der Waals surface area contributed by atoms with E-state index in [0.29, 0.717) is 12.5 Å². The summed E-state index contributed by atoms with van der Waals surface area (Å²) >= 11 is 7.73. The van der Waals surface area contributed by atoms with Gasteiger partial charge in [0.05, 0.1) is 23.0 Å². The van der Waals surface area contributed by atoms with Crippen molar-refractivity contribution in [1.82, 2.24) is 25.0 Å². The molecule has 0 saturated carbocycles. The van der Waals surface area contributed by atoms with Crippen LogP contribution in [-0.2, 0) is 13.6 Å². The van der Waals surface area contributed by atoms with Crippen molar-refractivity contribution in [3.8, 4) is 0 Å². The quantitative estimate of drug-likeness (QED) is 0.552. The van der Waals surface area contributed by atoms with Gasteiger partial charge in [0.1, 0.15) is 5.01 Å². The van der Waals surface area contributed by atoms with Gasteiger partial charge in [0.15, 0.2) is 5.96 Å². The van der Waals surface area contributed by atoms with Crippen molar-refractivity contribution in [2.24, 2.45) is 12.0 Å². The summed E-state index contributed by atoms with van der Waals surface area (Å²) in [4.78, 5) is 11.4. The van der Waals surface area contributed by atoms with Crippen molar-refractivity contribution in [3.05, 3.63) is 46.2 Å². The summed E-state index contributed by atoms with van der Waals surface area (Å²) in [6.07, 6.45) is 5.19.